The molecule has 1 amide bonds. The summed E-state index contributed by atoms with van der Waals surface area (Å²) in [6.07, 6.45) is -1.48. The van der Waals surface area contributed by atoms with Crippen molar-refractivity contribution in [1.29, 1.82) is 0 Å². The number of nitrogens with one attached hydrogen (secondary N) is 1. The zero-order chi connectivity index (χ0) is 24.6. The number of Topliss-reactive ketones (excluding diaryl/α,β-unsaturated/α-hetero) is 1. The lowest BCUT2D eigenvalue weighted by Crippen LogP contribution is -2.36. The van der Waals surface area contributed by atoms with Crippen LogP contribution in [0.25, 0.3) is 22.2 Å². The van der Waals surface area contributed by atoms with E-state index in [1.165, 1.54) is 0 Å². The van der Waals surface area contributed by atoms with Gasteiger partial charge in [-0.3, -0.25) is 14.6 Å². The van der Waals surface area contributed by atoms with Crippen molar-refractivity contribution in [1.82, 2.24) is 10.3 Å². The minimum Gasteiger partial charge on any atom is -0.464 e. The van der Waals surface area contributed by atoms with Gasteiger partial charge in [0.25, 0.3) is 0 Å². The van der Waals surface area contributed by atoms with Crippen molar-refractivity contribution in [3.8, 4) is 11.3 Å². The minimum atomic E-state index is -4.91. The zero-order valence-electron chi connectivity index (χ0n) is 18.6. The van der Waals surface area contributed by atoms with E-state index in [9.17, 15) is 22.8 Å². The van der Waals surface area contributed by atoms with Gasteiger partial charge in [-0.2, -0.15) is 13.2 Å². The maximum absolute atomic E-state index is 13.3. The lowest BCUT2D eigenvalue weighted by atomic mass is 9.88. The van der Waals surface area contributed by atoms with Crippen LogP contribution in [0.4, 0.5) is 13.2 Å². The number of halogens is 3. The molecule has 1 aliphatic rings. The van der Waals surface area contributed by atoms with Gasteiger partial charge in [-0.15, -0.1) is 0 Å². The number of carbonyl (C=O) groups excluding carboxylic acids is 2. The van der Waals surface area contributed by atoms with Gasteiger partial charge >= 0.3 is 12.1 Å². The molecule has 0 radical (unpaired) electrons. The number of fused-ring (bicyclic) bond motifs is 1. The topological polar surface area (TPSA) is 72.2 Å². The van der Waals surface area contributed by atoms with E-state index >= 15 is 0 Å². The van der Waals surface area contributed by atoms with E-state index in [4.69, 9.17) is 4.42 Å². The summed E-state index contributed by atoms with van der Waals surface area (Å²) in [7, 11) is 0. The number of ketones is 1. The van der Waals surface area contributed by atoms with E-state index in [0.29, 0.717) is 17.0 Å². The summed E-state index contributed by atoms with van der Waals surface area (Å²) in [6, 6.07) is 20.0. The van der Waals surface area contributed by atoms with Crippen LogP contribution in [0.2, 0.25) is 0 Å². The maximum atomic E-state index is 13.3. The SMILES string of the molecule is O=C(NCc1ccc(-c2cccc(CC(=O)C3(c4ccc5ccoc5c4)CC3)n2)cc1)C(F)(F)F. The van der Waals surface area contributed by atoms with Gasteiger partial charge < -0.3 is 9.73 Å². The number of nitrogens with zero attached hydrogens (tertiary/aromatic N) is 1. The molecule has 1 saturated carbocycles. The fourth-order valence-electron chi connectivity index (χ4n) is 4.25. The third-order valence-corrected chi connectivity index (χ3v) is 6.40. The third-order valence-electron chi connectivity index (χ3n) is 6.40. The second-order valence-corrected chi connectivity index (χ2v) is 8.75. The Morgan fingerprint density at radius 1 is 1.00 bits per heavy atom. The monoisotopic (exact) mass is 478 g/mol. The molecule has 0 spiro atoms. The molecule has 1 fully saturated rings. The van der Waals surface area contributed by atoms with E-state index in [2.05, 4.69) is 4.98 Å². The molecule has 0 unspecified atom stereocenters. The van der Waals surface area contributed by atoms with Crippen LogP contribution < -0.4 is 5.32 Å². The van der Waals surface area contributed by atoms with Crippen molar-refractivity contribution in [2.45, 2.75) is 37.4 Å². The summed E-state index contributed by atoms with van der Waals surface area (Å²) in [5, 5.41) is 2.85. The highest BCUT2D eigenvalue weighted by molar-refractivity contribution is 5.95. The summed E-state index contributed by atoms with van der Waals surface area (Å²) in [5.74, 6) is -1.86. The van der Waals surface area contributed by atoms with Crippen molar-refractivity contribution in [3.63, 3.8) is 0 Å². The minimum absolute atomic E-state index is 0.115. The molecule has 0 bridgehead atoms. The molecular weight excluding hydrogens is 457 g/mol. The van der Waals surface area contributed by atoms with Gasteiger partial charge in [-0.1, -0.05) is 42.5 Å². The summed E-state index contributed by atoms with van der Waals surface area (Å²) >= 11 is 0. The quantitative estimate of drug-likeness (QED) is 0.380. The van der Waals surface area contributed by atoms with Crippen LogP contribution in [0, 0.1) is 0 Å². The van der Waals surface area contributed by atoms with E-state index in [1.54, 1.807) is 30.5 Å². The fraction of sp³-hybridized carbons (Fsp3) is 0.222. The molecule has 35 heavy (non-hydrogen) atoms. The first-order valence-electron chi connectivity index (χ1n) is 11.2. The van der Waals surface area contributed by atoms with Crippen molar-refractivity contribution in [3.05, 3.63) is 89.8 Å². The van der Waals surface area contributed by atoms with Crippen LogP contribution in [0.5, 0.6) is 0 Å². The molecule has 2 aromatic carbocycles. The molecule has 4 aromatic rings. The predicted octanol–water partition coefficient (Wildman–Crippen LogP) is 5.52. The van der Waals surface area contributed by atoms with Crippen LogP contribution in [0.3, 0.4) is 0 Å². The van der Waals surface area contributed by atoms with Crippen molar-refractivity contribution in [2.75, 3.05) is 0 Å². The van der Waals surface area contributed by atoms with Gasteiger partial charge in [-0.25, -0.2) is 0 Å². The molecule has 8 heteroatoms. The van der Waals surface area contributed by atoms with Crippen molar-refractivity contribution >= 4 is 22.7 Å². The number of pyridine rings is 1. The zero-order valence-corrected chi connectivity index (χ0v) is 18.6. The molecule has 1 N–H and O–H groups in total. The Bertz CT molecular complexity index is 1400. The highest BCUT2D eigenvalue weighted by Crippen LogP contribution is 2.50. The first-order valence-corrected chi connectivity index (χ1v) is 11.2. The van der Waals surface area contributed by atoms with E-state index in [0.717, 1.165) is 34.9 Å². The first-order chi connectivity index (χ1) is 16.7. The molecular formula is C27H21F3N2O3. The number of hydrogen-bond donors (Lipinski definition) is 1. The Kier molecular flexibility index (Phi) is 5.67. The normalized spacial score (nSPS) is 14.6. The van der Waals surface area contributed by atoms with Crippen molar-refractivity contribution in [2.24, 2.45) is 0 Å². The van der Waals surface area contributed by atoms with Crippen molar-refractivity contribution < 1.29 is 27.2 Å². The third kappa shape index (κ3) is 4.69. The molecule has 2 aromatic heterocycles. The number of amides is 1. The highest BCUT2D eigenvalue weighted by Gasteiger charge is 2.50. The average Bonchev–Trinajstić information content (AvgIpc) is 3.53. The van der Waals surface area contributed by atoms with Gasteiger partial charge in [-0.05, 0) is 48.2 Å². The summed E-state index contributed by atoms with van der Waals surface area (Å²) in [5.41, 5.74) is 3.83. The highest BCUT2D eigenvalue weighted by atomic mass is 19.4. The van der Waals surface area contributed by atoms with E-state index < -0.39 is 17.5 Å². The standard InChI is InChI=1S/C27H21F3N2O3/c28-27(29,30)25(34)31-16-17-4-6-18(7-5-17)22-3-1-2-21(32-22)15-24(33)26(11-12-26)20-9-8-19-10-13-35-23(19)14-20/h1-10,13-14H,11-12,15-16H2,(H,31,34). The van der Waals surface area contributed by atoms with Gasteiger partial charge in [0.1, 0.15) is 11.4 Å². The Morgan fingerprint density at radius 2 is 1.77 bits per heavy atom. The van der Waals surface area contributed by atoms with E-state index in [1.807, 2.05) is 47.8 Å². The Hall–Kier alpha value is -3.94. The van der Waals surface area contributed by atoms with Crippen LogP contribution in [-0.4, -0.2) is 22.9 Å². The summed E-state index contributed by atoms with van der Waals surface area (Å²) in [4.78, 5) is 28.9. The van der Waals surface area contributed by atoms with Crippen LogP contribution in [0.15, 0.2) is 77.4 Å². The van der Waals surface area contributed by atoms with Gasteiger partial charge in [0.05, 0.1) is 17.4 Å². The van der Waals surface area contributed by atoms with E-state index in [-0.39, 0.29) is 18.7 Å². The lowest BCUT2D eigenvalue weighted by molar-refractivity contribution is -0.173. The Labute approximate surface area is 199 Å². The van der Waals surface area contributed by atoms with Crippen LogP contribution >= 0.6 is 0 Å². The molecule has 5 nitrogen and oxygen atoms in total. The summed E-state index contributed by atoms with van der Waals surface area (Å²) in [6.45, 7) is -0.230. The number of alkyl halides is 3. The lowest BCUT2D eigenvalue weighted by Gasteiger charge is -2.15. The molecule has 0 aliphatic heterocycles. The summed E-state index contributed by atoms with van der Waals surface area (Å²) < 4.78 is 42.5. The number of rotatable bonds is 7. The Balaban J connectivity index is 1.28. The van der Waals surface area contributed by atoms with Crippen LogP contribution in [-0.2, 0) is 28.0 Å². The number of aromatic nitrogens is 1. The van der Waals surface area contributed by atoms with Crippen LogP contribution in [0.1, 0.15) is 29.7 Å². The first kappa shape index (κ1) is 22.8. The second kappa shape index (κ2) is 8.69. The van der Waals surface area contributed by atoms with Gasteiger partial charge in [0.2, 0.25) is 0 Å². The molecule has 2 heterocycles. The number of hydrogen-bond acceptors (Lipinski definition) is 4. The second-order valence-electron chi connectivity index (χ2n) is 8.75. The molecule has 0 atom stereocenters. The largest absolute Gasteiger partial charge is 0.471 e. The molecule has 0 saturated heterocycles. The number of benzene rings is 2. The smallest absolute Gasteiger partial charge is 0.464 e. The number of furan rings is 1. The number of carbonyl (C=O) groups is 2. The molecule has 1 aliphatic carbocycles. The predicted molar refractivity (Wildman–Crippen MR) is 123 cm³/mol. The maximum Gasteiger partial charge on any atom is 0.471 e. The fourth-order valence-corrected chi connectivity index (χ4v) is 4.25. The molecule has 5 rings (SSSR count). The molecule has 178 valence electrons. The average molecular weight is 478 g/mol. The van der Waals surface area contributed by atoms with Gasteiger partial charge in [0, 0.05) is 29.6 Å². The van der Waals surface area contributed by atoms with Gasteiger partial charge in [0.15, 0.2) is 0 Å². The Morgan fingerprint density at radius 3 is 2.49 bits per heavy atom.